The number of benzene rings is 2. The molecule has 0 unspecified atom stereocenters. The molecule has 3 rings (SSSR count). The van der Waals surface area contributed by atoms with E-state index in [4.69, 9.17) is 32.8 Å². The summed E-state index contributed by atoms with van der Waals surface area (Å²) in [4.78, 5) is 16.3. The number of aromatic nitrogens is 1. The van der Waals surface area contributed by atoms with Crippen molar-refractivity contribution in [1.29, 1.82) is 0 Å². The highest BCUT2D eigenvalue weighted by molar-refractivity contribution is 7.89. The van der Waals surface area contributed by atoms with Gasteiger partial charge in [-0.3, -0.25) is 4.79 Å². The zero-order valence-corrected chi connectivity index (χ0v) is 18.1. The molecule has 7 nitrogen and oxygen atoms in total. The fourth-order valence-corrected chi connectivity index (χ4v) is 3.76. The zero-order chi connectivity index (χ0) is 21.7. The Balaban J connectivity index is 1.45. The van der Waals surface area contributed by atoms with Crippen molar-refractivity contribution in [3.05, 3.63) is 70.2 Å². The second-order valence-electron chi connectivity index (χ2n) is 6.53. The maximum absolute atomic E-state index is 12.0. The van der Waals surface area contributed by atoms with E-state index >= 15 is 0 Å². The molecule has 1 amide bonds. The zero-order valence-electron chi connectivity index (χ0n) is 15.8. The van der Waals surface area contributed by atoms with Gasteiger partial charge in [0, 0.05) is 30.0 Å². The number of nitrogens with zero attached hydrogens (tertiary/aromatic N) is 1. The first-order valence-electron chi connectivity index (χ1n) is 9.01. The molecule has 1 heterocycles. The Kier molecular flexibility index (Phi) is 7.14. The van der Waals surface area contributed by atoms with Gasteiger partial charge in [0.15, 0.2) is 11.7 Å². The molecule has 2 aromatic carbocycles. The topological polar surface area (TPSA) is 115 Å². The summed E-state index contributed by atoms with van der Waals surface area (Å²) in [6, 6.07) is 11.3. The van der Waals surface area contributed by atoms with Crippen molar-refractivity contribution in [3.8, 4) is 11.3 Å². The number of hydrogen-bond donors (Lipinski definition) is 2. The van der Waals surface area contributed by atoms with Crippen LogP contribution in [0.15, 0.2) is 58.0 Å². The van der Waals surface area contributed by atoms with Crippen LogP contribution in [-0.4, -0.2) is 25.9 Å². The van der Waals surface area contributed by atoms with Crippen LogP contribution in [0.4, 0.5) is 0 Å². The molecule has 1 aromatic heterocycles. The molecule has 0 fully saturated rings. The van der Waals surface area contributed by atoms with Crippen LogP contribution in [0.5, 0.6) is 0 Å². The molecule has 0 bridgehead atoms. The fraction of sp³-hybridized carbons (Fsp3) is 0.200. The number of rotatable bonds is 8. The molecule has 0 spiro atoms. The largest absolute Gasteiger partial charge is 0.441 e. The molecule has 10 heteroatoms. The van der Waals surface area contributed by atoms with Crippen LogP contribution in [0.3, 0.4) is 0 Å². The normalized spacial score (nSPS) is 11.4. The van der Waals surface area contributed by atoms with Gasteiger partial charge in [0.1, 0.15) is 0 Å². The van der Waals surface area contributed by atoms with E-state index in [1.165, 1.54) is 12.1 Å². The van der Waals surface area contributed by atoms with Gasteiger partial charge in [0.05, 0.1) is 16.1 Å². The summed E-state index contributed by atoms with van der Waals surface area (Å²) < 4.78 is 28.2. The van der Waals surface area contributed by atoms with Crippen molar-refractivity contribution in [2.45, 2.75) is 24.2 Å². The highest BCUT2D eigenvalue weighted by Crippen LogP contribution is 2.30. The maximum atomic E-state index is 12.0. The Morgan fingerprint density at radius 2 is 1.83 bits per heavy atom. The Hall–Kier alpha value is -2.39. The molecule has 3 N–H and O–H groups in total. The lowest BCUT2D eigenvalue weighted by Gasteiger charge is -2.05. The summed E-state index contributed by atoms with van der Waals surface area (Å²) in [5, 5.41) is 8.87. The first kappa shape index (κ1) is 22.3. The summed E-state index contributed by atoms with van der Waals surface area (Å²) in [5.41, 5.74) is 1.57. The predicted molar refractivity (Wildman–Crippen MR) is 115 cm³/mol. The average molecular weight is 468 g/mol. The number of oxazole rings is 1. The number of carbonyl (C=O) groups is 1. The average Bonchev–Trinajstić information content (AvgIpc) is 3.15. The molecule has 0 aliphatic carbocycles. The van der Waals surface area contributed by atoms with Gasteiger partial charge >= 0.3 is 0 Å². The number of primary sulfonamides is 1. The van der Waals surface area contributed by atoms with Gasteiger partial charge in [0.2, 0.25) is 15.9 Å². The number of nitrogens with two attached hydrogens (primary N) is 1. The van der Waals surface area contributed by atoms with Gasteiger partial charge in [-0.15, -0.1) is 0 Å². The monoisotopic (exact) mass is 467 g/mol. The highest BCUT2D eigenvalue weighted by atomic mass is 35.5. The lowest BCUT2D eigenvalue weighted by Crippen LogP contribution is -2.25. The first-order valence-corrected chi connectivity index (χ1v) is 11.3. The number of halogens is 2. The van der Waals surface area contributed by atoms with Gasteiger partial charge in [-0.25, -0.2) is 18.5 Å². The third-order valence-corrected chi connectivity index (χ3v) is 5.78. The lowest BCUT2D eigenvalue weighted by atomic mass is 10.1. The Morgan fingerprint density at radius 1 is 1.10 bits per heavy atom. The number of amides is 1. The fourth-order valence-electron chi connectivity index (χ4n) is 2.74. The van der Waals surface area contributed by atoms with Crippen LogP contribution in [0.2, 0.25) is 10.0 Å². The second-order valence-corrected chi connectivity index (χ2v) is 8.94. The number of carbonyl (C=O) groups excluding carboxylic acids is 1. The van der Waals surface area contributed by atoms with Crippen molar-refractivity contribution < 1.29 is 17.6 Å². The second kappa shape index (κ2) is 9.61. The van der Waals surface area contributed by atoms with Gasteiger partial charge in [-0.05, 0) is 42.3 Å². The molecular formula is C20H19Cl2N3O4S. The van der Waals surface area contributed by atoms with Crippen LogP contribution in [0.1, 0.15) is 17.9 Å². The maximum Gasteiger partial charge on any atom is 0.238 e. The Bertz CT molecular complexity index is 1150. The number of aryl methyl sites for hydroxylation is 1. The molecular weight excluding hydrogens is 449 g/mol. The van der Waals surface area contributed by atoms with E-state index in [1.54, 1.807) is 36.5 Å². The quantitative estimate of drug-likeness (QED) is 0.524. The number of hydrogen-bond acceptors (Lipinski definition) is 5. The molecule has 0 aliphatic rings. The molecule has 0 aliphatic heterocycles. The third kappa shape index (κ3) is 6.06. The van der Waals surface area contributed by atoms with E-state index in [-0.39, 0.29) is 17.2 Å². The first-order chi connectivity index (χ1) is 14.2. The molecule has 158 valence electrons. The summed E-state index contributed by atoms with van der Waals surface area (Å²) in [6.07, 6.45) is 2.70. The summed E-state index contributed by atoms with van der Waals surface area (Å²) in [6.45, 7) is 0.421. The van der Waals surface area contributed by atoms with E-state index in [1.807, 2.05) is 0 Å². The van der Waals surface area contributed by atoms with Gasteiger partial charge < -0.3 is 9.73 Å². The Labute approximate surface area is 184 Å². The molecule has 30 heavy (non-hydrogen) atoms. The van der Waals surface area contributed by atoms with E-state index in [0.717, 1.165) is 5.56 Å². The minimum Gasteiger partial charge on any atom is -0.441 e. The predicted octanol–water partition coefficient (Wildman–Crippen LogP) is 3.59. The number of sulfonamides is 1. The van der Waals surface area contributed by atoms with Crippen LogP contribution in [-0.2, 0) is 27.7 Å². The third-order valence-electron chi connectivity index (χ3n) is 4.30. The van der Waals surface area contributed by atoms with E-state index in [0.29, 0.717) is 46.6 Å². The smallest absolute Gasteiger partial charge is 0.238 e. The molecule has 0 radical (unpaired) electrons. The van der Waals surface area contributed by atoms with E-state index in [9.17, 15) is 13.2 Å². The summed E-state index contributed by atoms with van der Waals surface area (Å²) in [7, 11) is -3.71. The van der Waals surface area contributed by atoms with Crippen LogP contribution in [0.25, 0.3) is 11.3 Å². The molecule has 0 saturated heterocycles. The van der Waals surface area contributed by atoms with Crippen molar-refractivity contribution in [2.24, 2.45) is 5.14 Å². The van der Waals surface area contributed by atoms with Crippen molar-refractivity contribution in [2.75, 3.05) is 6.54 Å². The van der Waals surface area contributed by atoms with Crippen molar-refractivity contribution >= 4 is 39.1 Å². The highest BCUT2D eigenvalue weighted by Gasteiger charge is 2.12. The molecule has 0 saturated carbocycles. The molecule has 0 atom stereocenters. The van der Waals surface area contributed by atoms with Crippen molar-refractivity contribution in [1.82, 2.24) is 10.3 Å². The van der Waals surface area contributed by atoms with Gasteiger partial charge in [-0.2, -0.15) is 0 Å². The molecule has 3 aromatic rings. The van der Waals surface area contributed by atoms with E-state index < -0.39 is 10.0 Å². The Morgan fingerprint density at radius 3 is 2.50 bits per heavy atom. The SMILES string of the molecule is NS(=O)(=O)c1ccc(CCNC(=O)CCc2ncc(-c3ccc(Cl)cc3Cl)o2)cc1. The van der Waals surface area contributed by atoms with Crippen LogP contribution < -0.4 is 10.5 Å². The summed E-state index contributed by atoms with van der Waals surface area (Å²) in [5.74, 6) is 0.806. The minimum absolute atomic E-state index is 0.0560. The van der Waals surface area contributed by atoms with Crippen LogP contribution in [0, 0.1) is 0 Å². The van der Waals surface area contributed by atoms with Gasteiger partial charge in [0.25, 0.3) is 0 Å². The standard InChI is InChI=1S/C20H19Cl2N3O4S/c21-14-3-6-16(17(22)11-14)18-12-25-20(29-18)8-7-19(26)24-10-9-13-1-4-15(5-2-13)30(23,27)28/h1-6,11-12H,7-10H2,(H,24,26)(H2,23,27,28). The minimum atomic E-state index is -3.71. The number of nitrogens with one attached hydrogen (secondary N) is 1. The van der Waals surface area contributed by atoms with Gasteiger partial charge in [-0.1, -0.05) is 35.3 Å². The van der Waals surface area contributed by atoms with E-state index in [2.05, 4.69) is 10.3 Å². The summed E-state index contributed by atoms with van der Waals surface area (Å²) >= 11 is 12.1. The van der Waals surface area contributed by atoms with Crippen molar-refractivity contribution in [3.63, 3.8) is 0 Å². The van der Waals surface area contributed by atoms with Crippen LogP contribution >= 0.6 is 23.2 Å². The lowest BCUT2D eigenvalue weighted by molar-refractivity contribution is -0.121.